The van der Waals surface area contributed by atoms with E-state index in [-0.39, 0.29) is 40.6 Å². The number of aromatic nitrogens is 1. The van der Waals surface area contributed by atoms with Gasteiger partial charge in [0, 0.05) is 29.4 Å². The van der Waals surface area contributed by atoms with Crippen LogP contribution in [-0.4, -0.2) is 76.7 Å². The number of nitrogens with zero attached hydrogens (tertiary/aromatic N) is 3. The number of aromatic carboxylic acids is 1. The molecule has 3 fully saturated rings. The number of hydrogen-bond donors (Lipinski definition) is 2. The summed E-state index contributed by atoms with van der Waals surface area (Å²) in [6.45, 7) is 2.38. The minimum atomic E-state index is -3.57. The van der Waals surface area contributed by atoms with Crippen molar-refractivity contribution in [3.63, 3.8) is 0 Å². The highest BCUT2D eigenvalue weighted by atomic mass is 35.5. The number of benzene rings is 3. The molecular weight excluding hydrogens is 759 g/mol. The van der Waals surface area contributed by atoms with Crippen LogP contribution in [0.25, 0.3) is 0 Å². The van der Waals surface area contributed by atoms with Crippen molar-refractivity contribution >= 4 is 56.7 Å². The zero-order valence-electron chi connectivity index (χ0n) is 29.8. The van der Waals surface area contributed by atoms with Gasteiger partial charge in [-0.25, -0.2) is 18.0 Å². The lowest BCUT2D eigenvalue weighted by Crippen LogP contribution is -2.53. The van der Waals surface area contributed by atoms with E-state index in [1.807, 2.05) is 0 Å². The van der Waals surface area contributed by atoms with Gasteiger partial charge in [-0.05, 0) is 97.4 Å². The minimum Gasteiger partial charge on any atom is -0.619 e. The van der Waals surface area contributed by atoms with Crippen LogP contribution in [0.1, 0.15) is 51.4 Å². The van der Waals surface area contributed by atoms with Gasteiger partial charge >= 0.3 is 12.1 Å². The molecule has 2 atom stereocenters. The Kier molecular flexibility index (Phi) is 11.8. The second-order valence-electron chi connectivity index (χ2n) is 13.4. The van der Waals surface area contributed by atoms with Gasteiger partial charge in [-0.2, -0.15) is 4.73 Å². The fourth-order valence-electron chi connectivity index (χ4n) is 7.33. The Balaban J connectivity index is 1.49. The van der Waals surface area contributed by atoms with E-state index in [9.17, 15) is 28.3 Å². The Morgan fingerprint density at radius 1 is 1.02 bits per heavy atom. The maximum Gasteiger partial charge on any atom is 0.414 e. The number of piperidine rings is 3. The average molecular weight is 800 g/mol. The van der Waals surface area contributed by atoms with Gasteiger partial charge in [0.2, 0.25) is 10.0 Å². The molecule has 16 heteroatoms. The van der Waals surface area contributed by atoms with Crippen LogP contribution < -0.4 is 23.8 Å². The number of anilines is 2. The van der Waals surface area contributed by atoms with Crippen molar-refractivity contribution < 1.29 is 42.1 Å². The molecule has 13 nitrogen and oxygen atoms in total. The SMILES string of the molecule is COc1ccc([C@H](Cc2c(Cl)c[n+]([O-])cc2Cl)c2c(CN(C(=O)O[C@H]3CN4CCC3CC4)c3ccc(NS(C)(=O)=O)cc3)cccc2C(=O)O)cc1OC. The summed E-state index contributed by atoms with van der Waals surface area (Å²) >= 11 is 13.2. The predicted octanol–water partition coefficient (Wildman–Crippen LogP) is 6.33. The number of sulfonamides is 1. The van der Waals surface area contributed by atoms with Crippen LogP contribution in [0.4, 0.5) is 16.2 Å². The Morgan fingerprint density at radius 3 is 2.26 bits per heavy atom. The van der Waals surface area contributed by atoms with Gasteiger partial charge in [0.25, 0.3) is 0 Å². The lowest BCUT2D eigenvalue weighted by atomic mass is 9.80. The first-order valence-corrected chi connectivity index (χ1v) is 19.8. The van der Waals surface area contributed by atoms with E-state index in [4.69, 9.17) is 37.4 Å². The Bertz CT molecular complexity index is 2120. The summed E-state index contributed by atoms with van der Waals surface area (Å²) in [5, 5.41) is 23.0. The van der Waals surface area contributed by atoms with Crippen LogP contribution in [0.5, 0.6) is 11.5 Å². The first-order chi connectivity index (χ1) is 25.7. The molecule has 3 saturated heterocycles. The molecule has 3 aliphatic heterocycles. The maximum atomic E-state index is 14.3. The third-order valence-electron chi connectivity index (χ3n) is 9.93. The van der Waals surface area contributed by atoms with Crippen molar-refractivity contribution in [2.75, 3.05) is 49.7 Å². The normalized spacial score (nSPS) is 18.4. The molecule has 54 heavy (non-hydrogen) atoms. The van der Waals surface area contributed by atoms with Gasteiger partial charge < -0.3 is 24.5 Å². The topological polar surface area (TPSA) is 162 Å². The number of rotatable bonds is 13. The highest BCUT2D eigenvalue weighted by molar-refractivity contribution is 7.92. The Labute approximate surface area is 323 Å². The van der Waals surface area contributed by atoms with Crippen LogP contribution in [0, 0.1) is 11.1 Å². The molecule has 0 aliphatic carbocycles. The van der Waals surface area contributed by atoms with Crippen LogP contribution in [-0.2, 0) is 27.7 Å². The number of carboxylic acid groups (broad SMARTS) is 1. The lowest BCUT2D eigenvalue weighted by Gasteiger charge is -2.44. The Hall–Kier alpha value is -4.76. The molecule has 1 aromatic heterocycles. The van der Waals surface area contributed by atoms with Crippen molar-refractivity contribution in [3.05, 3.63) is 116 Å². The first-order valence-electron chi connectivity index (χ1n) is 17.2. The highest BCUT2D eigenvalue weighted by Gasteiger charge is 2.38. The summed E-state index contributed by atoms with van der Waals surface area (Å²) in [7, 11) is -0.579. The van der Waals surface area contributed by atoms with Crippen LogP contribution in [0.3, 0.4) is 0 Å². The minimum absolute atomic E-state index is 0.0345. The number of nitrogens with one attached hydrogen (secondary N) is 1. The summed E-state index contributed by atoms with van der Waals surface area (Å²) in [6.07, 6.45) is 4.31. The molecular formula is C38H40Cl2N4O9S. The number of halogens is 2. The third kappa shape index (κ3) is 8.78. The van der Waals surface area contributed by atoms with E-state index in [0.29, 0.717) is 56.4 Å². The fraction of sp³-hybridized carbons (Fsp3) is 0.342. The summed E-state index contributed by atoms with van der Waals surface area (Å²) < 4.78 is 44.1. The van der Waals surface area contributed by atoms with Crippen LogP contribution in [0.2, 0.25) is 10.0 Å². The summed E-state index contributed by atoms with van der Waals surface area (Å²) in [6, 6.07) is 16.3. The number of hydrogen-bond acceptors (Lipinski definition) is 9. The molecule has 1 amide bonds. The molecule has 2 bridgehead atoms. The van der Waals surface area contributed by atoms with Gasteiger partial charge in [-0.15, -0.1) is 0 Å². The molecule has 0 spiro atoms. The van der Waals surface area contributed by atoms with Gasteiger partial charge in [0.15, 0.2) is 23.9 Å². The fourth-order valence-corrected chi connectivity index (χ4v) is 8.49. The number of methoxy groups -OCH3 is 2. The second kappa shape index (κ2) is 16.3. The second-order valence-corrected chi connectivity index (χ2v) is 16.0. The van der Waals surface area contributed by atoms with E-state index >= 15 is 0 Å². The molecule has 7 rings (SSSR count). The summed E-state index contributed by atoms with van der Waals surface area (Å²) in [5.41, 5.74) is 2.51. The number of fused-ring (bicyclic) bond motifs is 3. The van der Waals surface area contributed by atoms with Crippen LogP contribution >= 0.6 is 23.2 Å². The smallest absolute Gasteiger partial charge is 0.414 e. The van der Waals surface area contributed by atoms with E-state index in [1.54, 1.807) is 42.5 Å². The van der Waals surface area contributed by atoms with Gasteiger partial charge in [-0.1, -0.05) is 41.4 Å². The zero-order valence-corrected chi connectivity index (χ0v) is 32.2. The standard InChI is InChI=1S/C38H40Cl2N4O9S/c1-51-33-12-7-24(17-34(33)52-2)29(18-30-31(39)20-43(48)21-32(30)40)36-25(5-4-6-28(36)37(45)46)19-44(27-10-8-26(9-11-27)41-54(3,49)50)38(47)53-35-22-42-15-13-23(35)14-16-42/h4-12,17,20-21,23,29,35,41H,13-16,18-19,22H2,1-3H3,(H,45,46)/t29-,35-/m0/s1. The average Bonchev–Trinajstić information content (AvgIpc) is 3.13. The van der Waals surface area contributed by atoms with Gasteiger partial charge in [0.1, 0.15) is 16.1 Å². The molecule has 2 N–H and O–H groups in total. The molecule has 3 aliphatic rings. The van der Waals surface area contributed by atoms with Crippen molar-refractivity contribution in [1.82, 2.24) is 4.90 Å². The van der Waals surface area contributed by atoms with Crippen LogP contribution in [0.15, 0.2) is 73.1 Å². The maximum absolute atomic E-state index is 14.3. The first kappa shape index (κ1) is 38.9. The third-order valence-corrected chi connectivity index (χ3v) is 11.2. The predicted molar refractivity (Wildman–Crippen MR) is 204 cm³/mol. The largest absolute Gasteiger partial charge is 0.619 e. The van der Waals surface area contributed by atoms with Crippen molar-refractivity contribution in [1.29, 1.82) is 0 Å². The number of carbonyl (C=O) groups is 2. The van der Waals surface area contributed by atoms with Crippen molar-refractivity contribution in [2.24, 2.45) is 5.92 Å². The van der Waals surface area contributed by atoms with Crippen molar-refractivity contribution in [2.45, 2.75) is 37.8 Å². The molecule has 0 radical (unpaired) electrons. The number of pyridine rings is 1. The van der Waals surface area contributed by atoms with Gasteiger partial charge in [0.05, 0.1) is 32.6 Å². The number of ether oxygens (including phenoxy) is 3. The van der Waals surface area contributed by atoms with E-state index in [1.165, 1.54) is 49.7 Å². The monoisotopic (exact) mass is 798 g/mol. The molecule has 4 heterocycles. The van der Waals surface area contributed by atoms with E-state index in [2.05, 4.69) is 9.62 Å². The summed E-state index contributed by atoms with van der Waals surface area (Å²) in [4.78, 5) is 31.0. The quantitative estimate of drug-likeness (QED) is 0.116. The highest BCUT2D eigenvalue weighted by Crippen LogP contribution is 2.41. The van der Waals surface area contributed by atoms with E-state index < -0.39 is 28.0 Å². The molecule has 0 unspecified atom stereocenters. The van der Waals surface area contributed by atoms with Gasteiger partial charge in [-0.3, -0.25) is 14.5 Å². The molecule has 286 valence electrons. The molecule has 4 aromatic rings. The number of carbonyl (C=O) groups excluding carboxylic acids is 1. The zero-order chi connectivity index (χ0) is 38.7. The summed E-state index contributed by atoms with van der Waals surface area (Å²) in [5.74, 6) is -0.910. The lowest BCUT2D eigenvalue weighted by molar-refractivity contribution is -0.605. The van der Waals surface area contributed by atoms with E-state index in [0.717, 1.165) is 32.2 Å². The van der Waals surface area contributed by atoms with Crippen molar-refractivity contribution in [3.8, 4) is 11.5 Å². The Morgan fingerprint density at radius 2 is 1.69 bits per heavy atom. The number of carboxylic acids is 1. The molecule has 3 aromatic carbocycles. The number of amides is 1. The molecule has 0 saturated carbocycles.